The molecule has 1 fully saturated rings. The molecule has 0 radical (unpaired) electrons. The Balaban J connectivity index is 1.63. The van der Waals surface area contributed by atoms with E-state index in [1.54, 1.807) is 0 Å². The van der Waals surface area contributed by atoms with Crippen LogP contribution < -0.4 is 5.32 Å². The standard InChI is InChI=1S/C20H26N2O2/c23-19(16-7-3-1-4-8-16)13-18-14-21-11-12-22(18)15-20(24)17-9-5-2-6-10-17/h1-10,18-21,23-24H,11-15H2. The number of hydrogen-bond acceptors (Lipinski definition) is 4. The zero-order valence-electron chi connectivity index (χ0n) is 13.9. The Bertz CT molecular complexity index is 550. The van der Waals surface area contributed by atoms with Crippen molar-refractivity contribution in [2.75, 3.05) is 26.2 Å². The Morgan fingerprint density at radius 2 is 1.50 bits per heavy atom. The lowest BCUT2D eigenvalue weighted by atomic mass is 9.99. The van der Waals surface area contributed by atoms with E-state index in [0.29, 0.717) is 13.0 Å². The van der Waals surface area contributed by atoms with E-state index in [4.69, 9.17) is 0 Å². The lowest BCUT2D eigenvalue weighted by Gasteiger charge is -2.38. The van der Waals surface area contributed by atoms with Gasteiger partial charge in [-0.25, -0.2) is 0 Å². The predicted octanol–water partition coefficient (Wildman–Crippen LogP) is 2.12. The van der Waals surface area contributed by atoms with Crippen molar-refractivity contribution in [2.24, 2.45) is 0 Å². The highest BCUT2D eigenvalue weighted by Crippen LogP contribution is 2.23. The summed E-state index contributed by atoms with van der Waals surface area (Å²) < 4.78 is 0. The average molecular weight is 326 g/mol. The molecule has 2 aromatic rings. The predicted molar refractivity (Wildman–Crippen MR) is 95.7 cm³/mol. The van der Waals surface area contributed by atoms with Crippen LogP contribution >= 0.6 is 0 Å². The summed E-state index contributed by atoms with van der Waals surface area (Å²) in [4.78, 5) is 2.29. The molecule has 0 amide bonds. The molecule has 1 heterocycles. The first-order valence-electron chi connectivity index (χ1n) is 8.65. The fourth-order valence-corrected chi connectivity index (χ4v) is 3.35. The van der Waals surface area contributed by atoms with E-state index < -0.39 is 12.2 Å². The molecule has 0 aromatic heterocycles. The van der Waals surface area contributed by atoms with E-state index >= 15 is 0 Å². The fourth-order valence-electron chi connectivity index (χ4n) is 3.35. The first kappa shape index (κ1) is 17.1. The van der Waals surface area contributed by atoms with Gasteiger partial charge in [0.05, 0.1) is 12.2 Å². The Labute approximate surface area is 143 Å². The molecule has 0 spiro atoms. The molecule has 1 saturated heterocycles. The van der Waals surface area contributed by atoms with Gasteiger partial charge in [0.1, 0.15) is 0 Å². The molecule has 1 aliphatic rings. The Kier molecular flexibility index (Phi) is 5.99. The maximum Gasteiger partial charge on any atom is 0.0917 e. The highest BCUT2D eigenvalue weighted by atomic mass is 16.3. The van der Waals surface area contributed by atoms with Crippen LogP contribution in [0.2, 0.25) is 0 Å². The maximum atomic E-state index is 10.5. The van der Waals surface area contributed by atoms with Crippen LogP contribution in [0, 0.1) is 0 Å². The third-order valence-electron chi connectivity index (χ3n) is 4.74. The topological polar surface area (TPSA) is 55.7 Å². The second kappa shape index (κ2) is 8.40. The van der Waals surface area contributed by atoms with Crippen molar-refractivity contribution in [3.05, 3.63) is 71.8 Å². The number of nitrogens with one attached hydrogen (secondary N) is 1. The van der Waals surface area contributed by atoms with Gasteiger partial charge >= 0.3 is 0 Å². The fraction of sp³-hybridized carbons (Fsp3) is 0.400. The molecule has 2 aromatic carbocycles. The van der Waals surface area contributed by atoms with Crippen LogP contribution in [0.3, 0.4) is 0 Å². The van der Waals surface area contributed by atoms with Gasteiger partial charge in [0.15, 0.2) is 0 Å². The van der Waals surface area contributed by atoms with E-state index in [1.165, 1.54) is 0 Å². The minimum atomic E-state index is -0.499. The van der Waals surface area contributed by atoms with Gasteiger partial charge in [-0.05, 0) is 17.5 Å². The summed E-state index contributed by atoms with van der Waals surface area (Å²) in [5, 5.41) is 24.4. The van der Waals surface area contributed by atoms with Crippen molar-refractivity contribution in [1.29, 1.82) is 0 Å². The lowest BCUT2D eigenvalue weighted by molar-refractivity contribution is 0.0458. The molecular formula is C20H26N2O2. The average Bonchev–Trinajstić information content (AvgIpc) is 2.64. The maximum absolute atomic E-state index is 10.5. The molecule has 4 heteroatoms. The van der Waals surface area contributed by atoms with Crippen molar-refractivity contribution in [3.63, 3.8) is 0 Å². The number of aliphatic hydroxyl groups excluding tert-OH is 2. The zero-order chi connectivity index (χ0) is 16.8. The second-order valence-electron chi connectivity index (χ2n) is 6.44. The van der Waals surface area contributed by atoms with Crippen LogP contribution in [0.25, 0.3) is 0 Å². The summed E-state index contributed by atoms with van der Waals surface area (Å²) in [7, 11) is 0. The summed E-state index contributed by atoms with van der Waals surface area (Å²) in [5.41, 5.74) is 1.89. The highest BCUT2D eigenvalue weighted by molar-refractivity contribution is 5.19. The molecule has 0 aliphatic carbocycles. The van der Waals surface area contributed by atoms with Crippen LogP contribution in [0.1, 0.15) is 29.8 Å². The second-order valence-corrected chi connectivity index (χ2v) is 6.44. The molecule has 3 atom stereocenters. The molecule has 3 unspecified atom stereocenters. The number of benzene rings is 2. The Morgan fingerprint density at radius 3 is 2.12 bits per heavy atom. The molecule has 1 aliphatic heterocycles. The summed E-state index contributed by atoms with van der Waals surface area (Å²) in [5.74, 6) is 0. The van der Waals surface area contributed by atoms with Crippen molar-refractivity contribution in [3.8, 4) is 0 Å². The third-order valence-corrected chi connectivity index (χ3v) is 4.74. The number of hydrogen-bond donors (Lipinski definition) is 3. The zero-order valence-corrected chi connectivity index (χ0v) is 13.9. The van der Waals surface area contributed by atoms with Crippen LogP contribution in [0.4, 0.5) is 0 Å². The van der Waals surface area contributed by atoms with Crippen LogP contribution in [0.5, 0.6) is 0 Å². The normalized spacial score (nSPS) is 21.3. The molecule has 3 rings (SSSR count). The smallest absolute Gasteiger partial charge is 0.0917 e. The van der Waals surface area contributed by atoms with Gasteiger partial charge in [0.2, 0.25) is 0 Å². The third kappa shape index (κ3) is 4.42. The van der Waals surface area contributed by atoms with Gasteiger partial charge in [0.25, 0.3) is 0 Å². The minimum absolute atomic E-state index is 0.215. The van der Waals surface area contributed by atoms with E-state index in [-0.39, 0.29) is 6.04 Å². The number of aliphatic hydroxyl groups is 2. The van der Waals surface area contributed by atoms with Gasteiger partial charge in [-0.2, -0.15) is 0 Å². The van der Waals surface area contributed by atoms with Gasteiger partial charge in [-0.15, -0.1) is 0 Å². The Hall–Kier alpha value is -1.72. The van der Waals surface area contributed by atoms with Crippen molar-refractivity contribution >= 4 is 0 Å². The summed E-state index contributed by atoms with van der Waals surface area (Å²) >= 11 is 0. The molecule has 0 saturated carbocycles. The quantitative estimate of drug-likeness (QED) is 0.761. The van der Waals surface area contributed by atoms with E-state index in [9.17, 15) is 10.2 Å². The van der Waals surface area contributed by atoms with E-state index in [1.807, 2.05) is 60.7 Å². The van der Waals surface area contributed by atoms with Crippen molar-refractivity contribution in [2.45, 2.75) is 24.7 Å². The summed E-state index contributed by atoms with van der Waals surface area (Å²) in [6.45, 7) is 3.23. The SMILES string of the molecule is OC(CC1CNCCN1CC(O)c1ccccc1)c1ccccc1. The van der Waals surface area contributed by atoms with Gasteiger partial charge in [0, 0.05) is 32.2 Å². The van der Waals surface area contributed by atoms with E-state index in [0.717, 1.165) is 30.8 Å². The van der Waals surface area contributed by atoms with Crippen LogP contribution in [0.15, 0.2) is 60.7 Å². The first-order valence-corrected chi connectivity index (χ1v) is 8.65. The van der Waals surface area contributed by atoms with Crippen molar-refractivity contribution < 1.29 is 10.2 Å². The number of nitrogens with zero attached hydrogens (tertiary/aromatic N) is 1. The summed E-state index contributed by atoms with van der Waals surface area (Å²) in [6.07, 6.45) is -0.313. The molecule has 4 nitrogen and oxygen atoms in total. The van der Waals surface area contributed by atoms with Gasteiger partial charge < -0.3 is 15.5 Å². The van der Waals surface area contributed by atoms with E-state index in [2.05, 4.69) is 10.2 Å². The minimum Gasteiger partial charge on any atom is -0.388 e. The molecule has 0 bridgehead atoms. The molecule has 24 heavy (non-hydrogen) atoms. The van der Waals surface area contributed by atoms with Crippen molar-refractivity contribution in [1.82, 2.24) is 10.2 Å². The first-order chi connectivity index (χ1) is 11.7. The molecule has 3 N–H and O–H groups in total. The molecule has 128 valence electrons. The van der Waals surface area contributed by atoms with Crippen LogP contribution in [-0.4, -0.2) is 47.3 Å². The number of rotatable bonds is 6. The Morgan fingerprint density at radius 1 is 0.917 bits per heavy atom. The van der Waals surface area contributed by atoms with Gasteiger partial charge in [-0.1, -0.05) is 60.7 Å². The monoisotopic (exact) mass is 326 g/mol. The number of β-amino-alcohol motifs (C(OH)–C–C–N with tert-alkyl or cyclic N) is 1. The number of piperazine rings is 1. The summed E-state index contributed by atoms with van der Waals surface area (Å²) in [6, 6.07) is 19.8. The van der Waals surface area contributed by atoms with Gasteiger partial charge in [-0.3, -0.25) is 4.90 Å². The highest BCUT2D eigenvalue weighted by Gasteiger charge is 2.27. The van der Waals surface area contributed by atoms with Crippen LogP contribution in [-0.2, 0) is 0 Å². The molecular weight excluding hydrogens is 300 g/mol. The lowest BCUT2D eigenvalue weighted by Crippen LogP contribution is -2.52. The largest absolute Gasteiger partial charge is 0.388 e.